The molecule has 3 aromatic rings. The number of hydrogen-bond donors (Lipinski definition) is 1. The van der Waals surface area contributed by atoms with Gasteiger partial charge in [-0.05, 0) is 61.2 Å². The minimum atomic E-state index is -0.654. The van der Waals surface area contributed by atoms with Crippen LogP contribution in [0, 0.1) is 5.82 Å². The maximum absolute atomic E-state index is 14.0. The number of likely N-dealkylation sites (tertiary alicyclic amines) is 1. The zero-order valence-corrected chi connectivity index (χ0v) is 21.3. The van der Waals surface area contributed by atoms with Gasteiger partial charge in [0.2, 0.25) is 6.41 Å². The first-order valence-corrected chi connectivity index (χ1v) is 12.6. The minimum Gasteiger partial charge on any atom is -0.487 e. The van der Waals surface area contributed by atoms with Crippen molar-refractivity contribution in [3.8, 4) is 22.6 Å². The highest BCUT2D eigenvalue weighted by molar-refractivity contribution is 6.36. The Kier molecular flexibility index (Phi) is 6.70. The highest BCUT2D eigenvalue weighted by Crippen LogP contribution is 2.41. The molecule has 5 rings (SSSR count). The number of rotatable bonds is 5. The summed E-state index contributed by atoms with van der Waals surface area (Å²) in [5.74, 6) is 0.873. The van der Waals surface area contributed by atoms with Crippen LogP contribution in [0.3, 0.4) is 0 Å². The molecule has 1 aromatic heterocycles. The summed E-state index contributed by atoms with van der Waals surface area (Å²) in [6.45, 7) is 3.17. The summed E-state index contributed by atoms with van der Waals surface area (Å²) in [4.78, 5) is 17.2. The first kappa shape index (κ1) is 24.7. The maximum Gasteiger partial charge on any atom is 0.209 e. The molecule has 6 nitrogen and oxygen atoms in total. The second kappa shape index (κ2) is 9.79. The number of pyridine rings is 1. The van der Waals surface area contributed by atoms with Gasteiger partial charge in [0.1, 0.15) is 23.3 Å². The fourth-order valence-electron chi connectivity index (χ4n) is 4.96. The Bertz CT molecular complexity index is 1310. The number of piperidine rings is 1. The summed E-state index contributed by atoms with van der Waals surface area (Å²) in [6.07, 6.45) is 5.44. The number of halogens is 3. The van der Waals surface area contributed by atoms with Gasteiger partial charge in [-0.15, -0.1) is 0 Å². The number of hydrogen-bond acceptors (Lipinski definition) is 5. The lowest BCUT2D eigenvalue weighted by molar-refractivity contribution is -0.121. The molecule has 0 aliphatic carbocycles. The Morgan fingerprint density at radius 2 is 1.94 bits per heavy atom. The summed E-state index contributed by atoms with van der Waals surface area (Å²) in [6, 6.07) is 10.5. The number of nitrogens with two attached hydrogens (primary N) is 1. The average molecular weight is 530 g/mol. The van der Waals surface area contributed by atoms with Crippen LogP contribution < -0.4 is 15.2 Å². The molecule has 0 bridgehead atoms. The van der Waals surface area contributed by atoms with Gasteiger partial charge in [0.15, 0.2) is 11.6 Å². The Morgan fingerprint density at radius 1 is 1.17 bits per heavy atom. The molecular formula is C27H26Cl2FN3O3. The quantitative estimate of drug-likeness (QED) is 0.313. The number of carbonyl (C=O) groups excluding carboxylic acids is 1. The maximum atomic E-state index is 14.0. The van der Waals surface area contributed by atoms with E-state index in [0.717, 1.165) is 67.6 Å². The van der Waals surface area contributed by atoms with E-state index in [2.05, 4.69) is 11.1 Å². The molecule has 2 aliphatic rings. The van der Waals surface area contributed by atoms with Crippen molar-refractivity contribution >= 4 is 35.4 Å². The van der Waals surface area contributed by atoms with Gasteiger partial charge in [-0.3, -0.25) is 4.79 Å². The van der Waals surface area contributed by atoms with Gasteiger partial charge in [-0.25, -0.2) is 9.37 Å². The summed E-state index contributed by atoms with van der Waals surface area (Å²) < 4.78 is 26.5. The third-order valence-corrected chi connectivity index (χ3v) is 7.81. The van der Waals surface area contributed by atoms with Crippen LogP contribution in [0.2, 0.25) is 10.0 Å². The number of benzene rings is 2. The molecule has 0 saturated carbocycles. The number of fused-ring (bicyclic) bond motifs is 1. The molecule has 2 aliphatic heterocycles. The molecule has 1 saturated heterocycles. The lowest BCUT2D eigenvalue weighted by Gasteiger charge is -2.43. The van der Waals surface area contributed by atoms with E-state index in [9.17, 15) is 9.18 Å². The number of nitrogens with zero attached hydrogens (tertiary/aromatic N) is 2. The van der Waals surface area contributed by atoms with Gasteiger partial charge in [-0.2, -0.15) is 0 Å². The van der Waals surface area contributed by atoms with Crippen LogP contribution in [0.1, 0.15) is 43.4 Å². The third-order valence-electron chi connectivity index (χ3n) is 7.10. The molecule has 2 N–H and O–H groups in total. The third kappa shape index (κ3) is 4.70. The summed E-state index contributed by atoms with van der Waals surface area (Å²) in [5, 5.41) is 0.225. The van der Waals surface area contributed by atoms with Crippen molar-refractivity contribution in [3.63, 3.8) is 0 Å². The van der Waals surface area contributed by atoms with Crippen LogP contribution >= 0.6 is 23.2 Å². The van der Waals surface area contributed by atoms with E-state index in [0.29, 0.717) is 16.3 Å². The molecular weight excluding hydrogens is 504 g/mol. The molecule has 1 spiro atoms. The van der Waals surface area contributed by atoms with Crippen molar-refractivity contribution in [2.75, 3.05) is 18.8 Å². The lowest BCUT2D eigenvalue weighted by atomic mass is 9.83. The van der Waals surface area contributed by atoms with E-state index in [1.54, 1.807) is 18.0 Å². The van der Waals surface area contributed by atoms with E-state index in [-0.39, 0.29) is 16.4 Å². The molecule has 1 atom stereocenters. The van der Waals surface area contributed by atoms with Crippen LogP contribution in [-0.4, -0.2) is 35.0 Å². The normalized spacial score (nSPS) is 17.3. The molecule has 0 radical (unpaired) electrons. The van der Waals surface area contributed by atoms with E-state index < -0.39 is 11.9 Å². The minimum absolute atomic E-state index is 0.0815. The van der Waals surface area contributed by atoms with Crippen molar-refractivity contribution in [2.24, 2.45) is 0 Å². The average Bonchev–Trinajstić information content (AvgIpc) is 2.88. The van der Waals surface area contributed by atoms with Crippen molar-refractivity contribution in [2.45, 2.75) is 44.3 Å². The number of carbonyl (C=O) groups is 1. The predicted molar refractivity (Wildman–Crippen MR) is 138 cm³/mol. The first-order valence-electron chi connectivity index (χ1n) is 11.9. The van der Waals surface area contributed by atoms with E-state index in [1.807, 2.05) is 18.2 Å². The smallest absolute Gasteiger partial charge is 0.209 e. The van der Waals surface area contributed by atoms with Gasteiger partial charge in [0.25, 0.3) is 0 Å². The van der Waals surface area contributed by atoms with Crippen molar-refractivity contribution < 1.29 is 18.7 Å². The highest BCUT2D eigenvalue weighted by Gasteiger charge is 2.39. The van der Waals surface area contributed by atoms with Crippen LogP contribution in [-0.2, 0) is 11.2 Å². The van der Waals surface area contributed by atoms with Crippen LogP contribution in [0.5, 0.6) is 11.5 Å². The number of ether oxygens (including phenoxy) is 2. The van der Waals surface area contributed by atoms with E-state index >= 15 is 0 Å². The fourth-order valence-corrected chi connectivity index (χ4v) is 5.64. The molecule has 0 unspecified atom stereocenters. The van der Waals surface area contributed by atoms with Crippen molar-refractivity contribution in [3.05, 3.63) is 69.6 Å². The van der Waals surface area contributed by atoms with Crippen LogP contribution in [0.4, 0.5) is 10.2 Å². The summed E-state index contributed by atoms with van der Waals surface area (Å²) in [5.41, 5.74) is 9.14. The molecule has 3 heterocycles. The molecule has 9 heteroatoms. The van der Waals surface area contributed by atoms with E-state index in [1.165, 1.54) is 12.1 Å². The Balaban J connectivity index is 1.37. The number of nitrogen functional groups attached to an aromatic ring is 1. The second-order valence-corrected chi connectivity index (χ2v) is 10.2. The number of amides is 1. The molecule has 36 heavy (non-hydrogen) atoms. The summed E-state index contributed by atoms with van der Waals surface area (Å²) >= 11 is 12.4. The molecule has 2 aromatic carbocycles. The Morgan fingerprint density at radius 3 is 2.69 bits per heavy atom. The standard InChI is InChI=1S/C27H26Cl2FN3O3/c1-16(24-20(28)3-4-21(30)25(24)29)35-23-13-19(14-32-26(23)31)17-2-5-22-18(12-17)6-7-27(36-22)8-10-33(15-34)11-9-27/h2-5,12-16H,6-11H2,1H3,(H2,31,32)/t16-/m1/s1. The van der Waals surface area contributed by atoms with Gasteiger partial charge < -0.3 is 20.1 Å². The molecule has 188 valence electrons. The van der Waals surface area contributed by atoms with Crippen LogP contribution in [0.25, 0.3) is 11.1 Å². The zero-order valence-electron chi connectivity index (χ0n) is 19.8. The zero-order chi connectivity index (χ0) is 25.4. The number of anilines is 1. The van der Waals surface area contributed by atoms with Gasteiger partial charge in [-0.1, -0.05) is 29.3 Å². The van der Waals surface area contributed by atoms with E-state index in [4.69, 9.17) is 38.4 Å². The highest BCUT2D eigenvalue weighted by atomic mass is 35.5. The molecule has 1 fully saturated rings. The van der Waals surface area contributed by atoms with Gasteiger partial charge in [0.05, 0.1) is 5.02 Å². The molecule has 1 amide bonds. The Labute approximate surface area is 219 Å². The summed E-state index contributed by atoms with van der Waals surface area (Å²) in [7, 11) is 0. The first-order chi connectivity index (χ1) is 17.3. The lowest BCUT2D eigenvalue weighted by Crippen LogP contribution is -2.49. The van der Waals surface area contributed by atoms with Gasteiger partial charge >= 0.3 is 0 Å². The monoisotopic (exact) mass is 529 g/mol. The predicted octanol–water partition coefficient (Wildman–Crippen LogP) is 6.23. The van der Waals surface area contributed by atoms with Gasteiger partial charge in [0, 0.05) is 48.3 Å². The Hall–Kier alpha value is -3.03. The number of aryl methyl sites for hydroxylation is 1. The largest absolute Gasteiger partial charge is 0.487 e. The SMILES string of the molecule is C[C@@H](Oc1cc(-c2ccc3c(c2)CCC2(CCN(C=O)CC2)O3)cnc1N)c1c(Cl)ccc(F)c1Cl. The fraction of sp³-hybridized carbons (Fsp3) is 0.333. The number of aromatic nitrogens is 1. The topological polar surface area (TPSA) is 77.7 Å². The van der Waals surface area contributed by atoms with Crippen LogP contribution in [0.15, 0.2) is 42.6 Å². The second-order valence-electron chi connectivity index (χ2n) is 9.37. The van der Waals surface area contributed by atoms with Crippen molar-refractivity contribution in [1.82, 2.24) is 9.88 Å². The van der Waals surface area contributed by atoms with Crippen molar-refractivity contribution in [1.29, 1.82) is 0 Å².